The van der Waals surface area contributed by atoms with Gasteiger partial charge in [0.15, 0.2) is 0 Å². The zero-order valence-electron chi connectivity index (χ0n) is 10.9. The Balaban J connectivity index is 2.61. The molecule has 0 aromatic rings. The molecule has 1 saturated carbocycles. The molecule has 3 heteroatoms. The minimum Gasteiger partial charge on any atom is -0.476 e. The van der Waals surface area contributed by atoms with Gasteiger partial charge < -0.3 is 9.84 Å². The molecule has 3 nitrogen and oxygen atoms in total. The lowest BCUT2D eigenvalue weighted by Gasteiger charge is -2.37. The number of rotatable bonds is 3. The molecular formula is C13H25NO2. The molecule has 2 unspecified atom stereocenters. The van der Waals surface area contributed by atoms with Gasteiger partial charge in [0.25, 0.3) is 0 Å². The molecule has 94 valence electrons. The fourth-order valence-corrected chi connectivity index (χ4v) is 2.51. The molecule has 0 spiro atoms. The van der Waals surface area contributed by atoms with Crippen molar-refractivity contribution in [1.29, 1.82) is 5.41 Å². The summed E-state index contributed by atoms with van der Waals surface area (Å²) in [6, 6.07) is 0. The maximum Gasteiger partial charge on any atom is 0.210 e. The van der Waals surface area contributed by atoms with E-state index in [1.54, 1.807) is 6.92 Å². The van der Waals surface area contributed by atoms with Crippen LogP contribution in [0.4, 0.5) is 0 Å². The Labute approximate surface area is 98.7 Å². The van der Waals surface area contributed by atoms with E-state index in [9.17, 15) is 5.11 Å². The second-order valence-electron chi connectivity index (χ2n) is 5.52. The molecule has 0 amide bonds. The van der Waals surface area contributed by atoms with Crippen molar-refractivity contribution in [1.82, 2.24) is 0 Å². The van der Waals surface area contributed by atoms with Gasteiger partial charge in [-0.2, -0.15) is 0 Å². The second-order valence-corrected chi connectivity index (χ2v) is 5.52. The molecule has 16 heavy (non-hydrogen) atoms. The van der Waals surface area contributed by atoms with Crippen molar-refractivity contribution in [2.45, 2.75) is 59.2 Å². The predicted molar refractivity (Wildman–Crippen MR) is 65.6 cm³/mol. The van der Waals surface area contributed by atoms with Crippen LogP contribution in [0.3, 0.4) is 0 Å². The van der Waals surface area contributed by atoms with Gasteiger partial charge in [-0.15, -0.1) is 0 Å². The van der Waals surface area contributed by atoms with Crippen LogP contribution >= 0.6 is 0 Å². The highest BCUT2D eigenvalue weighted by Gasteiger charge is 2.33. The van der Waals surface area contributed by atoms with E-state index in [4.69, 9.17) is 10.1 Å². The van der Waals surface area contributed by atoms with Gasteiger partial charge in [0.05, 0.1) is 0 Å². The molecule has 0 bridgehead atoms. The minimum atomic E-state index is -0.787. The summed E-state index contributed by atoms with van der Waals surface area (Å²) >= 11 is 0. The quantitative estimate of drug-likeness (QED) is 0.575. The van der Waals surface area contributed by atoms with Crippen molar-refractivity contribution in [3.05, 3.63) is 0 Å². The monoisotopic (exact) mass is 227 g/mol. The van der Waals surface area contributed by atoms with E-state index in [-0.39, 0.29) is 12.0 Å². The maximum atomic E-state index is 9.29. The summed E-state index contributed by atoms with van der Waals surface area (Å²) < 4.78 is 5.63. The Morgan fingerprint density at radius 3 is 2.44 bits per heavy atom. The Hall–Kier alpha value is -0.570. The van der Waals surface area contributed by atoms with Crippen LogP contribution in [-0.4, -0.2) is 23.2 Å². The molecule has 1 aliphatic carbocycles. The molecule has 0 aliphatic heterocycles. The summed E-state index contributed by atoms with van der Waals surface area (Å²) in [6.45, 7) is 8.24. The molecule has 2 N–H and O–H groups in total. The smallest absolute Gasteiger partial charge is 0.210 e. The highest BCUT2D eigenvalue weighted by Crippen LogP contribution is 2.35. The van der Waals surface area contributed by atoms with Crippen LogP contribution in [0.5, 0.6) is 0 Å². The SMILES string of the molecule is CC(O)C(=N)O[C@@H]1C[C@H](C)CCC1C(C)C. The fourth-order valence-electron chi connectivity index (χ4n) is 2.51. The van der Waals surface area contributed by atoms with Crippen LogP contribution < -0.4 is 0 Å². The van der Waals surface area contributed by atoms with Gasteiger partial charge in [-0.3, -0.25) is 5.41 Å². The average molecular weight is 227 g/mol. The average Bonchev–Trinajstić information content (AvgIpc) is 2.16. The summed E-state index contributed by atoms with van der Waals surface area (Å²) in [6.07, 6.45) is 2.77. The Morgan fingerprint density at radius 1 is 1.31 bits per heavy atom. The molecule has 4 atom stereocenters. The lowest BCUT2D eigenvalue weighted by molar-refractivity contribution is 0.0246. The molecule has 0 saturated heterocycles. The third kappa shape index (κ3) is 3.48. The molecule has 1 aliphatic rings. The van der Waals surface area contributed by atoms with Gasteiger partial charge in [-0.25, -0.2) is 0 Å². The van der Waals surface area contributed by atoms with Crippen molar-refractivity contribution < 1.29 is 9.84 Å². The molecule has 0 aromatic heterocycles. The third-order valence-corrected chi connectivity index (χ3v) is 3.62. The van der Waals surface area contributed by atoms with Crippen LogP contribution in [0.1, 0.15) is 47.0 Å². The summed E-state index contributed by atoms with van der Waals surface area (Å²) in [5.41, 5.74) is 0. The highest BCUT2D eigenvalue weighted by atomic mass is 16.5. The second kappa shape index (κ2) is 5.67. The van der Waals surface area contributed by atoms with E-state index in [0.29, 0.717) is 17.8 Å². The number of nitrogens with one attached hydrogen (secondary N) is 1. The molecule has 0 aromatic carbocycles. The molecule has 1 fully saturated rings. The van der Waals surface area contributed by atoms with Crippen molar-refractivity contribution in [2.75, 3.05) is 0 Å². The summed E-state index contributed by atoms with van der Waals surface area (Å²) in [5.74, 6) is 1.79. The molecular weight excluding hydrogens is 202 g/mol. The lowest BCUT2D eigenvalue weighted by atomic mass is 9.75. The third-order valence-electron chi connectivity index (χ3n) is 3.62. The largest absolute Gasteiger partial charge is 0.476 e. The maximum absolute atomic E-state index is 9.29. The Kier molecular flexibility index (Phi) is 4.78. The number of hydrogen-bond donors (Lipinski definition) is 2. The summed E-state index contributed by atoms with van der Waals surface area (Å²) in [4.78, 5) is 0. The first kappa shape index (κ1) is 13.5. The van der Waals surface area contributed by atoms with E-state index in [1.165, 1.54) is 12.8 Å². The Bertz CT molecular complexity index is 238. The van der Waals surface area contributed by atoms with Gasteiger partial charge in [0.2, 0.25) is 5.90 Å². The first-order valence-corrected chi connectivity index (χ1v) is 6.35. The van der Waals surface area contributed by atoms with Crippen molar-refractivity contribution >= 4 is 5.90 Å². The van der Waals surface area contributed by atoms with E-state index >= 15 is 0 Å². The van der Waals surface area contributed by atoms with Gasteiger partial charge in [0.1, 0.15) is 12.2 Å². The predicted octanol–water partition coefficient (Wildman–Crippen LogP) is 2.82. The number of hydrogen-bond acceptors (Lipinski definition) is 3. The molecule has 0 radical (unpaired) electrons. The molecule has 1 rings (SSSR count). The lowest BCUT2D eigenvalue weighted by Crippen LogP contribution is -2.37. The zero-order valence-corrected chi connectivity index (χ0v) is 10.9. The van der Waals surface area contributed by atoms with Gasteiger partial charge in [0, 0.05) is 0 Å². The van der Waals surface area contributed by atoms with E-state index in [1.807, 2.05) is 0 Å². The van der Waals surface area contributed by atoms with Crippen molar-refractivity contribution in [3.63, 3.8) is 0 Å². The number of ether oxygens (including phenoxy) is 1. The van der Waals surface area contributed by atoms with E-state index in [2.05, 4.69) is 20.8 Å². The normalized spacial score (nSPS) is 32.5. The van der Waals surface area contributed by atoms with E-state index < -0.39 is 6.10 Å². The van der Waals surface area contributed by atoms with Crippen LogP contribution in [0.25, 0.3) is 0 Å². The summed E-state index contributed by atoms with van der Waals surface area (Å²) in [5, 5.41) is 16.9. The van der Waals surface area contributed by atoms with Crippen LogP contribution in [0.2, 0.25) is 0 Å². The Morgan fingerprint density at radius 2 is 1.94 bits per heavy atom. The van der Waals surface area contributed by atoms with Crippen LogP contribution in [-0.2, 0) is 4.74 Å². The minimum absolute atomic E-state index is 0.0183. The van der Waals surface area contributed by atoms with Gasteiger partial charge in [-0.05, 0) is 37.5 Å². The van der Waals surface area contributed by atoms with Gasteiger partial charge in [-0.1, -0.05) is 27.2 Å². The van der Waals surface area contributed by atoms with Crippen molar-refractivity contribution in [2.24, 2.45) is 17.8 Å². The summed E-state index contributed by atoms with van der Waals surface area (Å²) in [7, 11) is 0. The first-order chi connectivity index (χ1) is 7.41. The molecule has 0 heterocycles. The van der Waals surface area contributed by atoms with Crippen LogP contribution in [0.15, 0.2) is 0 Å². The zero-order chi connectivity index (χ0) is 12.3. The van der Waals surface area contributed by atoms with Gasteiger partial charge >= 0.3 is 0 Å². The fraction of sp³-hybridized carbons (Fsp3) is 0.923. The standard InChI is InChI=1S/C13H25NO2/c1-8(2)11-6-5-9(3)7-12(11)16-13(14)10(4)15/h8-12,14-15H,5-7H2,1-4H3/t9-,10?,11?,12-/m1/s1. The van der Waals surface area contributed by atoms with E-state index in [0.717, 1.165) is 6.42 Å². The van der Waals surface area contributed by atoms with Crippen LogP contribution in [0, 0.1) is 23.2 Å². The first-order valence-electron chi connectivity index (χ1n) is 6.35. The number of aliphatic hydroxyl groups excluding tert-OH is 1. The topological polar surface area (TPSA) is 53.3 Å². The number of aliphatic hydroxyl groups is 1. The highest BCUT2D eigenvalue weighted by molar-refractivity contribution is 5.77. The van der Waals surface area contributed by atoms with Crippen molar-refractivity contribution in [3.8, 4) is 0 Å².